The van der Waals surface area contributed by atoms with Crippen LogP contribution in [0.2, 0.25) is 0 Å². The maximum absolute atomic E-state index is 15.5. The number of nitrogens with zero attached hydrogens (tertiary/aromatic N) is 2. The Morgan fingerprint density at radius 1 is 1.13 bits per heavy atom. The highest BCUT2D eigenvalue weighted by molar-refractivity contribution is 8.77. The molecule has 3 aromatic carbocycles. The first-order valence-corrected chi connectivity index (χ1v) is 20.8. The van der Waals surface area contributed by atoms with Crippen molar-refractivity contribution in [3.05, 3.63) is 123 Å². The molecule has 1 fully saturated rings. The Kier molecular flexibility index (Phi) is 8.14. The Labute approximate surface area is 319 Å². The molecule has 0 bridgehead atoms. The molecule has 54 heavy (non-hydrogen) atoms. The number of hydrogen-bond donors (Lipinski definition) is 2. The van der Waals surface area contributed by atoms with Gasteiger partial charge in [-0.1, -0.05) is 71.0 Å². The molecule has 12 heteroatoms. The summed E-state index contributed by atoms with van der Waals surface area (Å²) in [5, 5.41) is 15.8. The number of aliphatic hydroxyl groups is 1. The summed E-state index contributed by atoms with van der Waals surface area (Å²) in [4.78, 5) is 35.3. The number of rotatable bonds is 6. The van der Waals surface area contributed by atoms with Gasteiger partial charge in [-0.2, -0.15) is 0 Å². The Bertz CT molecular complexity index is 2330. The lowest BCUT2D eigenvalue weighted by molar-refractivity contribution is -0.162. The Hall–Kier alpha value is -4.36. The van der Waals surface area contributed by atoms with Crippen molar-refractivity contribution in [1.82, 2.24) is 15.2 Å². The lowest BCUT2D eigenvalue weighted by Gasteiger charge is -2.33. The number of alkyl carbamates (subject to hydrolysis) is 1. The number of benzene rings is 3. The third-order valence-electron chi connectivity index (χ3n) is 12.0. The predicted octanol–water partition coefficient (Wildman–Crippen LogP) is 7.26. The number of carbonyl (C=O) groups is 2. The summed E-state index contributed by atoms with van der Waals surface area (Å²) in [6.07, 6.45) is 3.03. The van der Waals surface area contributed by atoms with Crippen LogP contribution in [0.1, 0.15) is 64.9 Å². The molecule has 0 saturated carbocycles. The third-order valence-corrected chi connectivity index (χ3v) is 14.9. The molecular weight excluding hydrogens is 726 g/mol. The minimum Gasteiger partial charge on any atom is -0.459 e. The van der Waals surface area contributed by atoms with Crippen LogP contribution >= 0.6 is 21.6 Å². The van der Waals surface area contributed by atoms with Crippen LogP contribution in [0.3, 0.4) is 0 Å². The van der Waals surface area contributed by atoms with Crippen molar-refractivity contribution in [2.24, 2.45) is 0 Å². The van der Waals surface area contributed by atoms with Crippen LogP contribution in [0.25, 0.3) is 16.6 Å². The molecular formula is C42H38FN3O6S2. The highest BCUT2D eigenvalue weighted by atomic mass is 33.1. The topological polar surface area (TPSA) is 114 Å². The third kappa shape index (κ3) is 5.39. The molecule has 2 N–H and O–H groups in total. The molecule has 0 spiro atoms. The minimum absolute atomic E-state index is 0.0433. The van der Waals surface area contributed by atoms with E-state index in [9.17, 15) is 14.7 Å². The number of ether oxygens (including phenoxy) is 3. The molecule has 2 unspecified atom stereocenters. The van der Waals surface area contributed by atoms with Gasteiger partial charge in [0.05, 0.1) is 28.2 Å². The normalized spacial score (nSPS) is 27.5. The van der Waals surface area contributed by atoms with Crippen molar-refractivity contribution in [2.45, 2.75) is 92.7 Å². The summed E-state index contributed by atoms with van der Waals surface area (Å²) in [5.74, 6) is -1.01. The van der Waals surface area contributed by atoms with Crippen molar-refractivity contribution >= 4 is 50.3 Å². The lowest BCUT2D eigenvalue weighted by Crippen LogP contribution is -2.46. The first-order valence-electron chi connectivity index (χ1n) is 18.6. The molecule has 1 amide bonds. The zero-order chi connectivity index (χ0) is 36.9. The van der Waals surface area contributed by atoms with Gasteiger partial charge in [0.25, 0.3) is 0 Å². The number of nitrogens with one attached hydrogen (secondary N) is 1. The molecule has 2 aliphatic carbocycles. The molecule has 5 heterocycles. The van der Waals surface area contributed by atoms with Gasteiger partial charge < -0.3 is 29.5 Å². The Balaban J connectivity index is 1.01. The second kappa shape index (κ2) is 12.9. The van der Waals surface area contributed by atoms with Gasteiger partial charge in [0.1, 0.15) is 24.6 Å². The number of fused-ring (bicyclic) bond motifs is 8. The van der Waals surface area contributed by atoms with E-state index in [1.54, 1.807) is 35.4 Å². The maximum Gasteiger partial charge on any atom is 0.407 e. The molecule has 6 atom stereocenters. The SMILES string of the molecule is CC[C@@]1(O)C(=O)OCC2=C1C=C1c3nc4cc(F)c(C)c5c4c(c3CN1C1OC21)[C@@H](NC(=O)O[C@H]1Cc2ccccc2C[C@@H]1SSc1ccccc1)CC5. The number of pyridine rings is 1. The van der Waals surface area contributed by atoms with E-state index in [0.29, 0.717) is 53.9 Å². The molecule has 10 rings (SSSR count). The van der Waals surface area contributed by atoms with Crippen molar-refractivity contribution in [1.29, 1.82) is 0 Å². The molecule has 1 saturated heterocycles. The second-order valence-corrected chi connectivity index (χ2v) is 17.4. The van der Waals surface area contributed by atoms with E-state index in [2.05, 4.69) is 40.5 Å². The number of amides is 1. The van der Waals surface area contributed by atoms with Crippen LogP contribution in [0.5, 0.6) is 0 Å². The number of carbonyl (C=O) groups excluding carboxylic acids is 2. The highest BCUT2D eigenvalue weighted by Crippen LogP contribution is 2.52. The molecule has 0 radical (unpaired) electrons. The van der Waals surface area contributed by atoms with E-state index in [1.165, 1.54) is 17.2 Å². The second-order valence-electron chi connectivity index (χ2n) is 14.9. The minimum atomic E-state index is -1.82. The number of aromatic nitrogens is 1. The molecule has 6 aliphatic rings. The number of aryl methyl sites for hydroxylation is 1. The van der Waals surface area contributed by atoms with Gasteiger partial charge in [-0.25, -0.2) is 19.0 Å². The molecule has 4 aromatic rings. The summed E-state index contributed by atoms with van der Waals surface area (Å²) in [7, 11) is 3.43. The van der Waals surface area contributed by atoms with Crippen LogP contribution < -0.4 is 5.32 Å². The lowest BCUT2D eigenvalue weighted by atomic mass is 9.81. The van der Waals surface area contributed by atoms with Crippen LogP contribution in [-0.2, 0) is 44.8 Å². The summed E-state index contributed by atoms with van der Waals surface area (Å²) in [6.45, 7) is 4.05. The van der Waals surface area contributed by atoms with E-state index in [-0.39, 0.29) is 42.5 Å². The highest BCUT2D eigenvalue weighted by Gasteiger charge is 2.57. The van der Waals surface area contributed by atoms with Crippen molar-refractivity contribution in [3.8, 4) is 0 Å². The monoisotopic (exact) mass is 763 g/mol. The summed E-state index contributed by atoms with van der Waals surface area (Å²) < 4.78 is 33.5. The summed E-state index contributed by atoms with van der Waals surface area (Å²) in [5.41, 5.74) is 7.03. The van der Waals surface area contributed by atoms with Gasteiger partial charge in [-0.15, -0.1) is 0 Å². The largest absolute Gasteiger partial charge is 0.459 e. The molecule has 4 aliphatic heterocycles. The van der Waals surface area contributed by atoms with Gasteiger partial charge >= 0.3 is 12.1 Å². The van der Waals surface area contributed by atoms with Crippen LogP contribution in [0.4, 0.5) is 9.18 Å². The molecule has 1 aromatic heterocycles. The van der Waals surface area contributed by atoms with Crippen LogP contribution in [0, 0.1) is 12.7 Å². The van der Waals surface area contributed by atoms with Gasteiger partial charge in [0, 0.05) is 46.0 Å². The fraction of sp³-hybridized carbons (Fsp3) is 0.357. The standard InChI is InChI=1S/C42H38FN3O6S2/c1-3-42(49)28-17-32-37-26(19-46(32)39-38(52-39)27(28)20-50-40(42)47)36-30(14-13-25-21(2)29(43)18-31(44-37)35(25)36)45-41(48)51-33-15-22-9-7-8-10-23(22)16-34(33)54-53-24-11-5-4-6-12-24/h4-12,17-18,30,33-34,38-39,49H,3,13-16,19-20H2,1-2H3,(H,45,48)/t30-,33-,34-,38?,39?,42-/m0/s1. The molecule has 276 valence electrons. The smallest absolute Gasteiger partial charge is 0.407 e. The Morgan fingerprint density at radius 3 is 2.70 bits per heavy atom. The zero-order valence-corrected chi connectivity index (χ0v) is 31.4. The van der Waals surface area contributed by atoms with Gasteiger partial charge in [-0.3, -0.25) is 0 Å². The quantitative estimate of drug-likeness (QED) is 0.118. The first-order chi connectivity index (χ1) is 26.2. The van der Waals surface area contributed by atoms with Crippen LogP contribution in [0.15, 0.2) is 82.8 Å². The zero-order valence-electron chi connectivity index (χ0n) is 29.8. The van der Waals surface area contributed by atoms with E-state index < -0.39 is 23.7 Å². The maximum atomic E-state index is 15.5. The number of halogens is 1. The van der Waals surface area contributed by atoms with Crippen molar-refractivity contribution < 1.29 is 33.3 Å². The first kappa shape index (κ1) is 34.2. The predicted molar refractivity (Wildman–Crippen MR) is 204 cm³/mol. The van der Waals surface area contributed by atoms with Crippen LogP contribution in [-0.4, -0.2) is 62.9 Å². The average molecular weight is 764 g/mol. The number of epoxide rings is 1. The summed E-state index contributed by atoms with van der Waals surface area (Å²) in [6, 6.07) is 19.6. The van der Waals surface area contributed by atoms with E-state index in [1.807, 2.05) is 30.3 Å². The van der Waals surface area contributed by atoms with Gasteiger partial charge in [0.15, 0.2) is 11.8 Å². The van der Waals surface area contributed by atoms with Crippen molar-refractivity contribution in [2.75, 3.05) is 6.61 Å². The Morgan fingerprint density at radius 2 is 1.91 bits per heavy atom. The van der Waals surface area contributed by atoms with E-state index in [4.69, 9.17) is 19.2 Å². The van der Waals surface area contributed by atoms with E-state index in [0.717, 1.165) is 39.0 Å². The fourth-order valence-electron chi connectivity index (χ4n) is 9.06. The number of esters is 1. The fourth-order valence-corrected chi connectivity index (χ4v) is 11.7. The van der Waals surface area contributed by atoms with Gasteiger partial charge in [0.2, 0.25) is 0 Å². The summed E-state index contributed by atoms with van der Waals surface area (Å²) >= 11 is 0. The number of cyclic esters (lactones) is 1. The average Bonchev–Trinajstić information content (AvgIpc) is 3.91. The van der Waals surface area contributed by atoms with Gasteiger partial charge in [-0.05, 0) is 78.6 Å². The molecule has 9 nitrogen and oxygen atoms in total. The van der Waals surface area contributed by atoms with Crippen molar-refractivity contribution in [3.63, 3.8) is 0 Å². The number of hydrogen-bond acceptors (Lipinski definition) is 10. The van der Waals surface area contributed by atoms with E-state index >= 15 is 4.39 Å².